The van der Waals surface area contributed by atoms with Crippen LogP contribution >= 0.6 is 0 Å². The molecule has 0 saturated carbocycles. The summed E-state index contributed by atoms with van der Waals surface area (Å²) < 4.78 is 5.60. The molecule has 8 heteroatoms. The lowest BCUT2D eigenvalue weighted by atomic mass is 9.86. The van der Waals surface area contributed by atoms with Crippen LogP contribution in [0.2, 0.25) is 0 Å². The van der Waals surface area contributed by atoms with Crippen LogP contribution in [0.4, 0.5) is 4.79 Å². The Bertz CT molecular complexity index is 1090. The van der Waals surface area contributed by atoms with E-state index in [0.29, 0.717) is 26.1 Å². The first-order valence-electron chi connectivity index (χ1n) is 11.5. The molecule has 0 unspecified atom stereocenters. The number of hydrogen-bond acceptors (Lipinski definition) is 4. The zero-order chi connectivity index (χ0) is 22.6. The van der Waals surface area contributed by atoms with E-state index < -0.39 is 17.6 Å². The third-order valence-corrected chi connectivity index (χ3v) is 7.20. The molecular weight excluding hydrogens is 408 g/mol. The summed E-state index contributed by atoms with van der Waals surface area (Å²) in [7, 11) is 0. The van der Waals surface area contributed by atoms with Gasteiger partial charge in [-0.2, -0.15) is 0 Å². The monoisotopic (exact) mass is 438 g/mol. The molecule has 170 valence electrons. The summed E-state index contributed by atoms with van der Waals surface area (Å²) in [6.45, 7) is 7.07. The van der Waals surface area contributed by atoms with E-state index in [9.17, 15) is 14.4 Å². The van der Waals surface area contributed by atoms with Gasteiger partial charge in [0.15, 0.2) is 5.54 Å². The number of aromatic amines is 1. The highest BCUT2D eigenvalue weighted by Crippen LogP contribution is 2.45. The summed E-state index contributed by atoms with van der Waals surface area (Å²) in [5, 5.41) is 4.00. The number of nitrogens with zero attached hydrogens (tertiary/aromatic N) is 2. The Balaban J connectivity index is 1.48. The zero-order valence-corrected chi connectivity index (χ0v) is 18.8. The van der Waals surface area contributed by atoms with Crippen LogP contribution in [0.3, 0.4) is 0 Å². The van der Waals surface area contributed by atoms with E-state index >= 15 is 0 Å². The fraction of sp³-hybridized carbons (Fsp3) is 0.542. The van der Waals surface area contributed by atoms with Crippen LogP contribution in [0.15, 0.2) is 24.3 Å². The molecule has 0 bridgehead atoms. The molecule has 0 radical (unpaired) electrons. The first kappa shape index (κ1) is 21.0. The molecular formula is C24H30N4O4. The standard InChI is InChI=1S/C24H30N4O4/c1-14(2)19(21(29)25-13-15-7-6-12-32-15)28-22(30)24(3)20-17(10-11-27(24)23(28)31)16-8-4-5-9-18(16)26-20/h4-5,8-9,14-15,19,26H,6-7,10-13H2,1-3H3,(H,25,29)/t15-,19-,24-/m0/s1. The van der Waals surface area contributed by atoms with Crippen molar-refractivity contribution in [2.45, 2.75) is 57.7 Å². The van der Waals surface area contributed by atoms with Gasteiger partial charge >= 0.3 is 6.03 Å². The quantitative estimate of drug-likeness (QED) is 0.702. The first-order chi connectivity index (χ1) is 15.3. The van der Waals surface area contributed by atoms with Crippen LogP contribution in [0.25, 0.3) is 10.9 Å². The number of aromatic nitrogens is 1. The van der Waals surface area contributed by atoms with Crippen molar-refractivity contribution in [3.05, 3.63) is 35.5 Å². The molecule has 4 heterocycles. The Kier molecular flexibility index (Phi) is 5.00. The van der Waals surface area contributed by atoms with Crippen LogP contribution in [0.5, 0.6) is 0 Å². The van der Waals surface area contributed by atoms with Crippen LogP contribution in [-0.2, 0) is 26.3 Å². The number of carbonyl (C=O) groups excluding carboxylic acids is 3. The van der Waals surface area contributed by atoms with Gasteiger partial charge in [0.2, 0.25) is 5.91 Å². The number of rotatable bonds is 5. The number of benzene rings is 1. The second-order valence-electron chi connectivity index (χ2n) is 9.52. The molecule has 3 aliphatic heterocycles. The van der Waals surface area contributed by atoms with Gasteiger partial charge in [-0.3, -0.25) is 9.59 Å². The Hall–Kier alpha value is -2.87. The third-order valence-electron chi connectivity index (χ3n) is 7.20. The first-order valence-corrected chi connectivity index (χ1v) is 11.5. The lowest BCUT2D eigenvalue weighted by molar-refractivity contribution is -0.141. The number of amides is 4. The van der Waals surface area contributed by atoms with Crippen molar-refractivity contribution < 1.29 is 19.1 Å². The highest BCUT2D eigenvalue weighted by Gasteiger charge is 2.61. The van der Waals surface area contributed by atoms with E-state index in [-0.39, 0.29) is 23.8 Å². The van der Waals surface area contributed by atoms with Crippen LogP contribution < -0.4 is 5.32 Å². The second kappa shape index (κ2) is 7.62. The molecule has 2 aromatic rings. The maximum absolute atomic E-state index is 13.9. The smallest absolute Gasteiger partial charge is 0.328 e. The molecule has 0 spiro atoms. The van der Waals surface area contributed by atoms with Crippen molar-refractivity contribution in [2.24, 2.45) is 5.92 Å². The molecule has 0 aliphatic carbocycles. The number of hydrogen-bond donors (Lipinski definition) is 2. The van der Waals surface area contributed by atoms with Gasteiger partial charge in [-0.25, -0.2) is 9.69 Å². The maximum atomic E-state index is 13.9. The SMILES string of the molecule is CC(C)[C@@H](C(=O)NC[C@@H]1CCCO1)N1C(=O)N2CCc3c([nH]c4ccccc34)[C@@]2(C)C1=O. The summed E-state index contributed by atoms with van der Waals surface area (Å²) in [5.74, 6) is -0.877. The van der Waals surface area contributed by atoms with E-state index in [1.807, 2.05) is 38.1 Å². The Labute approximate surface area is 187 Å². The van der Waals surface area contributed by atoms with Crippen LogP contribution in [-0.4, -0.2) is 64.5 Å². The largest absolute Gasteiger partial charge is 0.376 e. The highest BCUT2D eigenvalue weighted by atomic mass is 16.5. The van der Waals surface area contributed by atoms with Gasteiger partial charge in [-0.15, -0.1) is 0 Å². The number of ether oxygens (including phenoxy) is 1. The van der Waals surface area contributed by atoms with E-state index in [1.54, 1.807) is 11.8 Å². The van der Waals surface area contributed by atoms with Gasteiger partial charge in [0.25, 0.3) is 5.91 Å². The molecule has 2 fully saturated rings. The lowest BCUT2D eigenvalue weighted by Gasteiger charge is -2.36. The van der Waals surface area contributed by atoms with Crippen LogP contribution in [0.1, 0.15) is 44.9 Å². The van der Waals surface area contributed by atoms with Gasteiger partial charge in [0.05, 0.1) is 11.8 Å². The van der Waals surface area contributed by atoms with E-state index in [0.717, 1.165) is 35.0 Å². The zero-order valence-electron chi connectivity index (χ0n) is 18.8. The molecule has 1 aromatic carbocycles. The van der Waals surface area contributed by atoms with E-state index in [1.165, 1.54) is 4.90 Å². The fourth-order valence-corrected chi connectivity index (χ4v) is 5.51. The van der Waals surface area contributed by atoms with Crippen molar-refractivity contribution in [1.82, 2.24) is 20.1 Å². The highest BCUT2D eigenvalue weighted by molar-refractivity contribution is 6.11. The van der Waals surface area contributed by atoms with Gasteiger partial charge < -0.3 is 19.9 Å². The summed E-state index contributed by atoms with van der Waals surface area (Å²) in [6, 6.07) is 6.69. The molecule has 1 aromatic heterocycles. The van der Waals surface area contributed by atoms with Gasteiger partial charge in [-0.05, 0) is 43.7 Å². The Morgan fingerprint density at radius 2 is 2.09 bits per heavy atom. The summed E-state index contributed by atoms with van der Waals surface area (Å²) in [6.07, 6.45) is 2.55. The molecule has 3 atom stereocenters. The molecule has 4 amide bonds. The number of nitrogens with one attached hydrogen (secondary N) is 2. The van der Waals surface area contributed by atoms with E-state index in [2.05, 4.69) is 10.3 Å². The molecule has 3 aliphatic rings. The summed E-state index contributed by atoms with van der Waals surface area (Å²) >= 11 is 0. The average molecular weight is 439 g/mol. The average Bonchev–Trinajstić information content (AvgIpc) is 3.46. The summed E-state index contributed by atoms with van der Waals surface area (Å²) in [4.78, 5) is 46.8. The summed E-state index contributed by atoms with van der Waals surface area (Å²) in [5.41, 5.74) is 1.64. The molecule has 8 nitrogen and oxygen atoms in total. The molecule has 32 heavy (non-hydrogen) atoms. The van der Waals surface area contributed by atoms with Crippen molar-refractivity contribution in [1.29, 1.82) is 0 Å². The number of carbonyl (C=O) groups is 3. The number of para-hydroxylation sites is 1. The number of fused-ring (bicyclic) bond motifs is 5. The number of imide groups is 1. The minimum Gasteiger partial charge on any atom is -0.376 e. The number of H-pyrrole nitrogens is 1. The topological polar surface area (TPSA) is 94.7 Å². The van der Waals surface area contributed by atoms with Crippen LogP contribution in [0, 0.1) is 5.92 Å². The minimum atomic E-state index is -1.15. The van der Waals surface area contributed by atoms with Gasteiger partial charge in [-0.1, -0.05) is 32.0 Å². The van der Waals surface area contributed by atoms with Crippen molar-refractivity contribution in [3.63, 3.8) is 0 Å². The maximum Gasteiger partial charge on any atom is 0.328 e. The van der Waals surface area contributed by atoms with E-state index in [4.69, 9.17) is 4.74 Å². The molecule has 2 N–H and O–H groups in total. The van der Waals surface area contributed by atoms with Crippen molar-refractivity contribution >= 4 is 28.7 Å². The lowest BCUT2D eigenvalue weighted by Crippen LogP contribution is -2.54. The number of urea groups is 1. The molecule has 2 saturated heterocycles. The van der Waals surface area contributed by atoms with Gasteiger partial charge in [0.1, 0.15) is 6.04 Å². The van der Waals surface area contributed by atoms with Crippen molar-refractivity contribution in [3.8, 4) is 0 Å². The van der Waals surface area contributed by atoms with Gasteiger partial charge in [0, 0.05) is 30.6 Å². The Morgan fingerprint density at radius 3 is 2.81 bits per heavy atom. The molecule has 5 rings (SSSR count). The van der Waals surface area contributed by atoms with Crippen molar-refractivity contribution in [2.75, 3.05) is 19.7 Å². The predicted octanol–water partition coefficient (Wildman–Crippen LogP) is 2.52. The minimum absolute atomic E-state index is 0.00509. The predicted molar refractivity (Wildman–Crippen MR) is 119 cm³/mol. The second-order valence-corrected chi connectivity index (χ2v) is 9.52. The normalized spacial score (nSPS) is 26.1. The Morgan fingerprint density at radius 1 is 1.31 bits per heavy atom. The third kappa shape index (κ3) is 2.96. The fourth-order valence-electron chi connectivity index (χ4n) is 5.51.